The lowest BCUT2D eigenvalue weighted by molar-refractivity contribution is -0.144. The molecule has 0 radical (unpaired) electrons. The third-order valence-corrected chi connectivity index (χ3v) is 3.17. The molecule has 1 fully saturated rings. The Bertz CT molecular complexity index is 170. The van der Waals surface area contributed by atoms with Gasteiger partial charge in [-0.05, 0) is 25.2 Å². The Hall–Kier alpha value is -0.240. The van der Waals surface area contributed by atoms with Gasteiger partial charge in [-0.25, -0.2) is 0 Å². The minimum atomic E-state index is -0.674. The molecule has 3 atom stereocenters. The molecule has 1 saturated carbocycles. The monoisotopic (exact) mass is 190 g/mol. The van der Waals surface area contributed by atoms with Crippen molar-refractivity contribution in [1.29, 1.82) is 0 Å². The smallest absolute Gasteiger partial charge is 0.306 e. The van der Waals surface area contributed by atoms with Gasteiger partial charge in [0.15, 0.2) is 0 Å². The second kappa shape index (κ2) is 4.13. The Balaban J connectivity index is 2.58. The molecule has 12 heavy (non-hydrogen) atoms. The lowest BCUT2D eigenvalue weighted by Gasteiger charge is -2.30. The molecule has 0 amide bonds. The summed E-state index contributed by atoms with van der Waals surface area (Å²) in [6.45, 7) is 2.05. The molecule has 70 valence electrons. The van der Waals surface area contributed by atoms with E-state index in [2.05, 4.69) is 6.92 Å². The van der Waals surface area contributed by atoms with Crippen molar-refractivity contribution in [1.82, 2.24) is 0 Å². The maximum Gasteiger partial charge on any atom is 0.306 e. The summed E-state index contributed by atoms with van der Waals surface area (Å²) in [5, 5.41) is 8.98. The largest absolute Gasteiger partial charge is 0.481 e. The molecular weight excluding hydrogens is 176 g/mol. The number of alkyl halides is 1. The highest BCUT2D eigenvalue weighted by Gasteiger charge is 2.33. The SMILES string of the molecule is CCC1CCC(Cl)CC1C(=O)O. The zero-order chi connectivity index (χ0) is 9.14. The van der Waals surface area contributed by atoms with Crippen LogP contribution < -0.4 is 0 Å². The average Bonchev–Trinajstić information content (AvgIpc) is 2.04. The van der Waals surface area contributed by atoms with Gasteiger partial charge in [-0.15, -0.1) is 11.6 Å². The maximum absolute atomic E-state index is 10.8. The third kappa shape index (κ3) is 2.13. The predicted molar refractivity (Wildman–Crippen MR) is 48.4 cm³/mol. The number of carboxylic acid groups (broad SMARTS) is 1. The molecule has 0 aromatic rings. The summed E-state index contributed by atoms with van der Waals surface area (Å²) in [6, 6.07) is 0. The first-order chi connectivity index (χ1) is 5.65. The van der Waals surface area contributed by atoms with E-state index in [-0.39, 0.29) is 11.3 Å². The van der Waals surface area contributed by atoms with Gasteiger partial charge in [0.2, 0.25) is 0 Å². The number of aliphatic carboxylic acids is 1. The van der Waals surface area contributed by atoms with Gasteiger partial charge in [-0.1, -0.05) is 13.3 Å². The van der Waals surface area contributed by atoms with Gasteiger partial charge in [0.25, 0.3) is 0 Å². The second-order valence-electron chi connectivity index (χ2n) is 3.52. The maximum atomic E-state index is 10.8. The first kappa shape index (κ1) is 9.85. The Labute approximate surface area is 77.9 Å². The van der Waals surface area contributed by atoms with Crippen molar-refractivity contribution in [2.24, 2.45) is 11.8 Å². The van der Waals surface area contributed by atoms with Crippen LogP contribution in [0.1, 0.15) is 32.6 Å². The van der Waals surface area contributed by atoms with Gasteiger partial charge in [0.05, 0.1) is 5.92 Å². The average molecular weight is 191 g/mol. The quantitative estimate of drug-likeness (QED) is 0.680. The van der Waals surface area contributed by atoms with Crippen molar-refractivity contribution in [2.75, 3.05) is 0 Å². The van der Waals surface area contributed by atoms with E-state index < -0.39 is 5.97 Å². The Morgan fingerprint density at radius 2 is 2.25 bits per heavy atom. The first-order valence-electron chi connectivity index (χ1n) is 4.52. The van der Waals surface area contributed by atoms with E-state index in [1.807, 2.05) is 0 Å². The summed E-state index contributed by atoms with van der Waals surface area (Å²) in [5.41, 5.74) is 0. The Morgan fingerprint density at radius 1 is 1.58 bits per heavy atom. The minimum Gasteiger partial charge on any atom is -0.481 e. The molecule has 1 aliphatic rings. The van der Waals surface area contributed by atoms with Gasteiger partial charge in [-0.2, -0.15) is 0 Å². The fraction of sp³-hybridized carbons (Fsp3) is 0.889. The summed E-state index contributed by atoms with van der Waals surface area (Å²) in [6.07, 6.45) is 3.56. The van der Waals surface area contributed by atoms with Crippen molar-refractivity contribution < 1.29 is 9.90 Å². The zero-order valence-electron chi connectivity index (χ0n) is 7.29. The number of carboxylic acids is 1. The molecular formula is C9H15ClO2. The highest BCUT2D eigenvalue weighted by molar-refractivity contribution is 6.20. The molecule has 0 aliphatic heterocycles. The molecule has 0 aromatic heterocycles. The summed E-state index contributed by atoms with van der Waals surface area (Å²) in [5.74, 6) is -0.532. The van der Waals surface area contributed by atoms with Crippen molar-refractivity contribution in [3.05, 3.63) is 0 Å². The number of hydrogen-bond donors (Lipinski definition) is 1. The summed E-state index contributed by atoms with van der Waals surface area (Å²) in [4.78, 5) is 10.8. The molecule has 1 rings (SSSR count). The molecule has 2 nitrogen and oxygen atoms in total. The van der Waals surface area contributed by atoms with E-state index in [4.69, 9.17) is 16.7 Å². The second-order valence-corrected chi connectivity index (χ2v) is 4.14. The van der Waals surface area contributed by atoms with Crippen molar-refractivity contribution in [2.45, 2.75) is 38.0 Å². The van der Waals surface area contributed by atoms with E-state index in [1.165, 1.54) is 0 Å². The van der Waals surface area contributed by atoms with Crippen LogP contribution in [-0.2, 0) is 4.79 Å². The Morgan fingerprint density at radius 3 is 2.75 bits per heavy atom. The summed E-state index contributed by atoms with van der Waals surface area (Å²) < 4.78 is 0. The van der Waals surface area contributed by atoms with Crippen LogP contribution in [0.3, 0.4) is 0 Å². The van der Waals surface area contributed by atoms with Gasteiger partial charge in [-0.3, -0.25) is 4.79 Å². The molecule has 0 aromatic carbocycles. The predicted octanol–water partition coefficient (Wildman–Crippen LogP) is 2.50. The van der Waals surface area contributed by atoms with Crippen LogP contribution in [0.5, 0.6) is 0 Å². The summed E-state index contributed by atoms with van der Waals surface area (Å²) >= 11 is 5.91. The Kier molecular flexibility index (Phi) is 3.39. The molecule has 3 heteroatoms. The lowest BCUT2D eigenvalue weighted by atomic mass is 9.78. The fourth-order valence-electron chi connectivity index (χ4n) is 1.97. The normalized spacial score (nSPS) is 36.3. The third-order valence-electron chi connectivity index (χ3n) is 2.77. The number of carbonyl (C=O) groups is 1. The van der Waals surface area contributed by atoms with Crippen LogP contribution in [0, 0.1) is 11.8 Å². The van der Waals surface area contributed by atoms with Crippen molar-refractivity contribution in [3.63, 3.8) is 0 Å². The zero-order valence-corrected chi connectivity index (χ0v) is 8.05. The number of rotatable bonds is 2. The molecule has 0 spiro atoms. The van der Waals surface area contributed by atoms with Crippen LogP contribution in [-0.4, -0.2) is 16.5 Å². The van der Waals surface area contributed by atoms with Crippen LogP contribution in [0.4, 0.5) is 0 Å². The number of hydrogen-bond acceptors (Lipinski definition) is 1. The van der Waals surface area contributed by atoms with E-state index >= 15 is 0 Å². The van der Waals surface area contributed by atoms with E-state index in [1.54, 1.807) is 0 Å². The first-order valence-corrected chi connectivity index (χ1v) is 4.95. The molecule has 1 aliphatic carbocycles. The summed E-state index contributed by atoms with van der Waals surface area (Å²) in [7, 11) is 0. The lowest BCUT2D eigenvalue weighted by Crippen LogP contribution is -2.30. The van der Waals surface area contributed by atoms with Gasteiger partial charge in [0, 0.05) is 5.38 Å². The number of halogens is 1. The van der Waals surface area contributed by atoms with Crippen LogP contribution in [0.15, 0.2) is 0 Å². The molecule has 1 N–H and O–H groups in total. The fourth-order valence-corrected chi connectivity index (χ4v) is 2.29. The van der Waals surface area contributed by atoms with Gasteiger partial charge >= 0.3 is 5.97 Å². The van der Waals surface area contributed by atoms with Crippen molar-refractivity contribution >= 4 is 17.6 Å². The molecule has 0 saturated heterocycles. The highest BCUT2D eigenvalue weighted by Crippen LogP contribution is 2.34. The molecule has 3 unspecified atom stereocenters. The van der Waals surface area contributed by atoms with Gasteiger partial charge in [0.1, 0.15) is 0 Å². The van der Waals surface area contributed by atoms with E-state index in [9.17, 15) is 4.79 Å². The van der Waals surface area contributed by atoms with E-state index in [0.717, 1.165) is 19.3 Å². The highest BCUT2D eigenvalue weighted by atomic mass is 35.5. The van der Waals surface area contributed by atoms with Crippen LogP contribution >= 0.6 is 11.6 Å². The van der Waals surface area contributed by atoms with Gasteiger partial charge < -0.3 is 5.11 Å². The molecule has 0 bridgehead atoms. The van der Waals surface area contributed by atoms with Crippen LogP contribution in [0.25, 0.3) is 0 Å². The standard InChI is InChI=1S/C9H15ClO2/c1-2-6-3-4-7(10)5-8(6)9(11)12/h6-8H,2-5H2,1H3,(H,11,12). The van der Waals surface area contributed by atoms with Crippen LogP contribution in [0.2, 0.25) is 0 Å². The van der Waals surface area contributed by atoms with Crippen molar-refractivity contribution in [3.8, 4) is 0 Å². The molecule has 0 heterocycles. The minimum absolute atomic E-state index is 0.0777. The van der Waals surface area contributed by atoms with E-state index in [0.29, 0.717) is 12.3 Å². The topological polar surface area (TPSA) is 37.3 Å².